The minimum atomic E-state index is -1.11. The molecule has 0 saturated carbocycles. The number of aliphatic carboxylic acids is 3. The van der Waals surface area contributed by atoms with Gasteiger partial charge in [-0.1, -0.05) is 13.3 Å². The summed E-state index contributed by atoms with van der Waals surface area (Å²) in [5.41, 5.74) is 0. The summed E-state index contributed by atoms with van der Waals surface area (Å²) in [6.07, 6.45) is 1.76. The van der Waals surface area contributed by atoms with Gasteiger partial charge in [0, 0.05) is 13.1 Å². The van der Waals surface area contributed by atoms with E-state index in [-0.39, 0.29) is 26.2 Å². The van der Waals surface area contributed by atoms with Crippen molar-refractivity contribution in [2.75, 3.05) is 39.3 Å². The fourth-order valence-electron chi connectivity index (χ4n) is 1.72. The molecule has 0 atom stereocenters. The van der Waals surface area contributed by atoms with E-state index >= 15 is 0 Å². The third kappa shape index (κ3) is 10.3. The van der Waals surface area contributed by atoms with Crippen LogP contribution in [0, 0.1) is 0 Å². The van der Waals surface area contributed by atoms with Gasteiger partial charge in [-0.15, -0.1) is 0 Å². The van der Waals surface area contributed by atoms with E-state index in [0.717, 1.165) is 12.8 Å². The molecule has 20 heavy (non-hydrogen) atoms. The van der Waals surface area contributed by atoms with Gasteiger partial charge in [-0.25, -0.2) is 0 Å². The number of hydrogen-bond donors (Lipinski definition) is 3. The van der Waals surface area contributed by atoms with Gasteiger partial charge in [-0.3, -0.25) is 24.2 Å². The minimum Gasteiger partial charge on any atom is -0.480 e. The molecule has 0 amide bonds. The van der Waals surface area contributed by atoms with Crippen LogP contribution in [0.3, 0.4) is 0 Å². The molecule has 8 heteroatoms. The first-order valence-electron chi connectivity index (χ1n) is 6.45. The lowest BCUT2D eigenvalue weighted by Crippen LogP contribution is -2.42. The average molecular weight is 290 g/mol. The highest BCUT2D eigenvalue weighted by Crippen LogP contribution is 1.97. The number of rotatable bonds is 12. The van der Waals surface area contributed by atoms with Crippen LogP contribution >= 0.6 is 0 Å². The topological polar surface area (TPSA) is 118 Å². The molecule has 3 N–H and O–H groups in total. The van der Waals surface area contributed by atoms with Crippen molar-refractivity contribution in [3.63, 3.8) is 0 Å². The van der Waals surface area contributed by atoms with Gasteiger partial charge in [-0.05, 0) is 13.0 Å². The minimum absolute atomic E-state index is 0.131. The fraction of sp³-hybridized carbons (Fsp3) is 0.750. The van der Waals surface area contributed by atoms with E-state index in [1.54, 1.807) is 4.90 Å². The number of carbonyl (C=O) groups is 3. The largest absolute Gasteiger partial charge is 0.480 e. The SMILES string of the molecule is CCCCN(CCN(CC(=O)O)CC(=O)O)CC(=O)O. The maximum absolute atomic E-state index is 10.7. The lowest BCUT2D eigenvalue weighted by atomic mass is 10.3. The monoisotopic (exact) mass is 290 g/mol. The summed E-state index contributed by atoms with van der Waals surface area (Å²) in [5.74, 6) is -3.17. The van der Waals surface area contributed by atoms with Gasteiger partial charge in [0.15, 0.2) is 0 Å². The fourth-order valence-corrected chi connectivity index (χ4v) is 1.72. The molecular formula is C12H22N2O6. The molecule has 8 nitrogen and oxygen atoms in total. The van der Waals surface area contributed by atoms with E-state index in [0.29, 0.717) is 13.1 Å². The van der Waals surface area contributed by atoms with Gasteiger partial charge in [0.1, 0.15) is 0 Å². The van der Waals surface area contributed by atoms with E-state index in [1.165, 1.54) is 4.90 Å². The van der Waals surface area contributed by atoms with Crippen molar-refractivity contribution in [2.45, 2.75) is 19.8 Å². The van der Waals surface area contributed by atoms with Crippen LogP contribution in [0.25, 0.3) is 0 Å². The summed E-state index contributed by atoms with van der Waals surface area (Å²) in [4.78, 5) is 35.0. The second-order valence-electron chi connectivity index (χ2n) is 4.52. The second-order valence-corrected chi connectivity index (χ2v) is 4.52. The Hall–Kier alpha value is -1.67. The van der Waals surface area contributed by atoms with Crippen molar-refractivity contribution < 1.29 is 29.7 Å². The van der Waals surface area contributed by atoms with E-state index in [2.05, 4.69) is 0 Å². The lowest BCUT2D eigenvalue weighted by Gasteiger charge is -2.24. The zero-order valence-corrected chi connectivity index (χ0v) is 11.6. The molecule has 0 fully saturated rings. The Morgan fingerprint density at radius 2 is 1.15 bits per heavy atom. The normalized spacial score (nSPS) is 10.9. The van der Waals surface area contributed by atoms with Gasteiger partial charge < -0.3 is 15.3 Å². The van der Waals surface area contributed by atoms with Gasteiger partial charge in [-0.2, -0.15) is 0 Å². The zero-order valence-electron chi connectivity index (χ0n) is 11.6. The second kappa shape index (κ2) is 10.2. The Kier molecular flexibility index (Phi) is 9.31. The van der Waals surface area contributed by atoms with Gasteiger partial charge in [0.05, 0.1) is 19.6 Å². The van der Waals surface area contributed by atoms with Crippen LogP contribution in [0.15, 0.2) is 0 Å². The zero-order chi connectivity index (χ0) is 15.5. The Labute approximate surface area is 117 Å². The van der Waals surface area contributed by atoms with Gasteiger partial charge in [0.2, 0.25) is 0 Å². The van der Waals surface area contributed by atoms with Gasteiger partial charge >= 0.3 is 17.9 Å². The maximum atomic E-state index is 10.7. The third-order valence-electron chi connectivity index (χ3n) is 2.64. The first-order valence-corrected chi connectivity index (χ1v) is 6.45. The number of hydrogen-bond acceptors (Lipinski definition) is 5. The molecule has 0 aliphatic rings. The number of nitrogens with zero attached hydrogens (tertiary/aromatic N) is 2. The quantitative estimate of drug-likeness (QED) is 0.446. The van der Waals surface area contributed by atoms with E-state index in [9.17, 15) is 14.4 Å². The highest BCUT2D eigenvalue weighted by atomic mass is 16.4. The van der Waals surface area contributed by atoms with Gasteiger partial charge in [0.25, 0.3) is 0 Å². The summed E-state index contributed by atoms with van der Waals surface area (Å²) in [5, 5.41) is 26.2. The Morgan fingerprint density at radius 1 is 0.750 bits per heavy atom. The summed E-state index contributed by atoms with van der Waals surface area (Å²) in [6, 6.07) is 0. The first kappa shape index (κ1) is 18.3. The van der Waals surface area contributed by atoms with Crippen molar-refractivity contribution in [2.24, 2.45) is 0 Å². The summed E-state index contributed by atoms with van der Waals surface area (Å²) < 4.78 is 0. The van der Waals surface area contributed by atoms with Crippen molar-refractivity contribution in [3.8, 4) is 0 Å². The first-order chi connectivity index (χ1) is 9.35. The highest BCUT2D eigenvalue weighted by molar-refractivity contribution is 5.72. The molecular weight excluding hydrogens is 268 g/mol. The molecule has 0 aromatic heterocycles. The van der Waals surface area contributed by atoms with E-state index < -0.39 is 17.9 Å². The van der Waals surface area contributed by atoms with E-state index in [4.69, 9.17) is 15.3 Å². The van der Waals surface area contributed by atoms with Crippen LogP contribution in [0.1, 0.15) is 19.8 Å². The molecule has 0 unspecified atom stereocenters. The van der Waals surface area contributed by atoms with Crippen LogP contribution < -0.4 is 0 Å². The summed E-state index contributed by atoms with van der Waals surface area (Å²) in [6.45, 7) is 2.23. The van der Waals surface area contributed by atoms with Crippen LogP contribution in [0.4, 0.5) is 0 Å². The standard InChI is InChI=1S/C12H22N2O6/c1-2-3-4-13(7-10(15)16)5-6-14(8-11(17)18)9-12(19)20/h2-9H2,1H3,(H,15,16)(H,17,18)(H,19,20). The van der Waals surface area contributed by atoms with Crippen LogP contribution in [0.5, 0.6) is 0 Å². The number of carboxylic acids is 3. The molecule has 0 rings (SSSR count). The molecule has 0 aromatic rings. The Morgan fingerprint density at radius 3 is 1.55 bits per heavy atom. The molecule has 0 saturated heterocycles. The molecule has 0 aliphatic heterocycles. The smallest absolute Gasteiger partial charge is 0.317 e. The average Bonchev–Trinajstić information content (AvgIpc) is 2.30. The van der Waals surface area contributed by atoms with E-state index in [1.807, 2.05) is 6.92 Å². The lowest BCUT2D eigenvalue weighted by molar-refractivity contribution is -0.143. The highest BCUT2D eigenvalue weighted by Gasteiger charge is 2.16. The number of unbranched alkanes of at least 4 members (excludes halogenated alkanes) is 1. The van der Waals surface area contributed by atoms with Crippen LogP contribution in [-0.2, 0) is 14.4 Å². The molecule has 0 heterocycles. The molecule has 0 aromatic carbocycles. The van der Waals surface area contributed by atoms with Crippen molar-refractivity contribution in [3.05, 3.63) is 0 Å². The van der Waals surface area contributed by atoms with Crippen molar-refractivity contribution >= 4 is 17.9 Å². The van der Waals surface area contributed by atoms with Crippen molar-refractivity contribution in [1.29, 1.82) is 0 Å². The van der Waals surface area contributed by atoms with Crippen LogP contribution in [-0.4, -0.2) is 82.3 Å². The molecule has 0 radical (unpaired) electrons. The number of carboxylic acid groups (broad SMARTS) is 3. The maximum Gasteiger partial charge on any atom is 0.317 e. The Bertz CT molecular complexity index is 318. The molecule has 0 aliphatic carbocycles. The predicted molar refractivity (Wildman–Crippen MR) is 70.7 cm³/mol. The molecule has 0 bridgehead atoms. The molecule has 0 spiro atoms. The van der Waals surface area contributed by atoms with Crippen LogP contribution in [0.2, 0.25) is 0 Å². The third-order valence-corrected chi connectivity index (χ3v) is 2.64. The Balaban J connectivity index is 4.38. The summed E-state index contributed by atoms with van der Waals surface area (Å²) in [7, 11) is 0. The van der Waals surface area contributed by atoms with Crippen molar-refractivity contribution in [1.82, 2.24) is 9.80 Å². The molecule has 116 valence electrons. The predicted octanol–water partition coefficient (Wildman–Crippen LogP) is -0.356. The summed E-state index contributed by atoms with van der Waals surface area (Å²) >= 11 is 0.